The van der Waals surface area contributed by atoms with Crippen molar-refractivity contribution in [3.8, 4) is 0 Å². The van der Waals surface area contributed by atoms with Gasteiger partial charge in [0.2, 0.25) is 17.0 Å². The fourth-order valence-corrected chi connectivity index (χ4v) is 3.87. The van der Waals surface area contributed by atoms with E-state index in [-0.39, 0.29) is 0 Å². The van der Waals surface area contributed by atoms with Crippen LogP contribution < -0.4 is 11.1 Å². The summed E-state index contributed by atoms with van der Waals surface area (Å²) in [6, 6.07) is 13.4. The van der Waals surface area contributed by atoms with E-state index < -0.39 is 11.9 Å². The Morgan fingerprint density at radius 3 is 2.67 bits per heavy atom. The number of primary amides is 1. The summed E-state index contributed by atoms with van der Waals surface area (Å²) in [5, 5.41) is 8.42. The zero-order chi connectivity index (χ0) is 18.8. The Morgan fingerprint density at radius 2 is 1.96 bits per heavy atom. The van der Waals surface area contributed by atoms with Crippen molar-refractivity contribution < 1.29 is 4.79 Å². The molecule has 7 nitrogen and oxygen atoms in total. The van der Waals surface area contributed by atoms with Crippen LogP contribution in [0.15, 0.2) is 71.3 Å². The number of carbonyl (C=O) groups is 1. The number of allylic oxidation sites excluding steroid dienone is 1. The number of rotatable bonds is 5. The number of hydrogen-bond donors (Lipinski definition) is 2. The predicted octanol–water partition coefficient (Wildman–Crippen LogP) is 2.74. The van der Waals surface area contributed by atoms with Crippen molar-refractivity contribution in [1.82, 2.24) is 19.7 Å². The monoisotopic (exact) mass is 378 g/mol. The molecule has 4 rings (SSSR count). The highest BCUT2D eigenvalue weighted by Gasteiger charge is 2.33. The molecule has 0 aliphatic carbocycles. The number of nitrogens with two attached hydrogens (primary N) is 1. The van der Waals surface area contributed by atoms with Crippen molar-refractivity contribution in [1.29, 1.82) is 0 Å². The van der Waals surface area contributed by atoms with Crippen LogP contribution in [0.3, 0.4) is 0 Å². The van der Waals surface area contributed by atoms with Crippen LogP contribution in [0.2, 0.25) is 0 Å². The lowest BCUT2D eigenvalue weighted by Crippen LogP contribution is -2.31. The van der Waals surface area contributed by atoms with Gasteiger partial charge in [0, 0.05) is 23.8 Å². The van der Waals surface area contributed by atoms with Crippen LogP contribution in [-0.4, -0.2) is 25.7 Å². The Morgan fingerprint density at radius 1 is 1.22 bits per heavy atom. The van der Waals surface area contributed by atoms with E-state index in [4.69, 9.17) is 5.73 Å². The topological polar surface area (TPSA) is 98.7 Å². The molecule has 0 fully saturated rings. The smallest absolute Gasteiger partial charge is 0.248 e. The lowest BCUT2D eigenvalue weighted by atomic mass is 9.96. The summed E-state index contributed by atoms with van der Waals surface area (Å²) < 4.78 is 1.72. The number of fused-ring (bicyclic) bond motifs is 1. The number of benzene rings is 1. The molecule has 1 atom stereocenters. The minimum absolute atomic E-state index is 0.430. The number of hydrogen-bond acceptors (Lipinski definition) is 6. The van der Waals surface area contributed by atoms with E-state index in [9.17, 15) is 4.79 Å². The molecule has 3 N–H and O–H groups in total. The average Bonchev–Trinajstić information content (AvgIpc) is 3.09. The van der Waals surface area contributed by atoms with Gasteiger partial charge in [0.15, 0.2) is 0 Å². The number of carbonyl (C=O) groups excluding carboxylic acids is 1. The predicted molar refractivity (Wildman–Crippen MR) is 104 cm³/mol. The highest BCUT2D eigenvalue weighted by Crippen LogP contribution is 2.35. The van der Waals surface area contributed by atoms with Crippen molar-refractivity contribution >= 4 is 23.6 Å². The minimum atomic E-state index is -0.485. The zero-order valence-corrected chi connectivity index (χ0v) is 15.5. The molecule has 0 radical (unpaired) electrons. The van der Waals surface area contributed by atoms with Crippen LogP contribution in [0.25, 0.3) is 0 Å². The molecule has 1 amide bonds. The first-order valence-electron chi connectivity index (χ1n) is 8.44. The molecule has 136 valence electrons. The summed E-state index contributed by atoms with van der Waals surface area (Å²) >= 11 is 1.55. The lowest BCUT2D eigenvalue weighted by molar-refractivity contribution is -0.115. The van der Waals surface area contributed by atoms with Gasteiger partial charge in [-0.15, -0.1) is 5.10 Å². The summed E-state index contributed by atoms with van der Waals surface area (Å²) in [5.74, 6) is 0.871. The Balaban J connectivity index is 1.69. The Kier molecular flexibility index (Phi) is 4.64. The summed E-state index contributed by atoms with van der Waals surface area (Å²) in [6.45, 7) is 1.82. The molecule has 1 aliphatic rings. The van der Waals surface area contributed by atoms with E-state index in [0.29, 0.717) is 22.4 Å². The van der Waals surface area contributed by atoms with Gasteiger partial charge >= 0.3 is 0 Å². The lowest BCUT2D eigenvalue weighted by Gasteiger charge is -2.27. The number of nitrogens with zero attached hydrogens (tertiary/aromatic N) is 4. The second kappa shape index (κ2) is 7.24. The van der Waals surface area contributed by atoms with Crippen LogP contribution in [-0.2, 0) is 10.5 Å². The molecule has 27 heavy (non-hydrogen) atoms. The molecule has 1 aliphatic heterocycles. The third-order valence-corrected chi connectivity index (χ3v) is 5.24. The van der Waals surface area contributed by atoms with Gasteiger partial charge in [0.25, 0.3) is 0 Å². The van der Waals surface area contributed by atoms with Gasteiger partial charge in [-0.25, -0.2) is 4.68 Å². The highest BCUT2D eigenvalue weighted by molar-refractivity contribution is 7.98. The molecule has 3 aromatic rings. The van der Waals surface area contributed by atoms with Crippen molar-refractivity contribution in [3.05, 3.63) is 77.3 Å². The van der Waals surface area contributed by atoms with Crippen LogP contribution in [0.1, 0.15) is 24.1 Å². The maximum absolute atomic E-state index is 12.1. The Labute approximate surface area is 160 Å². The molecule has 3 heterocycles. The van der Waals surface area contributed by atoms with Gasteiger partial charge in [-0.05, 0) is 30.2 Å². The number of aromatic nitrogens is 4. The van der Waals surface area contributed by atoms with E-state index in [1.165, 1.54) is 5.56 Å². The molecular formula is C19H18N6OS. The molecule has 0 saturated heterocycles. The van der Waals surface area contributed by atoms with Gasteiger partial charge in [-0.3, -0.25) is 9.78 Å². The van der Waals surface area contributed by atoms with Gasteiger partial charge in [0.05, 0.1) is 5.57 Å². The molecule has 0 bridgehead atoms. The molecule has 0 unspecified atom stereocenters. The first kappa shape index (κ1) is 17.3. The van der Waals surface area contributed by atoms with Crippen molar-refractivity contribution in [2.24, 2.45) is 5.73 Å². The molecule has 8 heteroatoms. The summed E-state index contributed by atoms with van der Waals surface area (Å²) in [5.41, 5.74) is 8.89. The second-order valence-corrected chi connectivity index (χ2v) is 7.09. The molecular weight excluding hydrogens is 360 g/mol. The van der Waals surface area contributed by atoms with Gasteiger partial charge in [-0.2, -0.15) is 4.98 Å². The van der Waals surface area contributed by atoms with E-state index in [0.717, 1.165) is 11.3 Å². The highest BCUT2D eigenvalue weighted by atomic mass is 32.2. The van der Waals surface area contributed by atoms with E-state index >= 15 is 0 Å². The van der Waals surface area contributed by atoms with Crippen LogP contribution in [0.4, 0.5) is 5.95 Å². The normalized spacial score (nSPS) is 16.0. The SMILES string of the molecule is CC1=C(C(N)=O)[C@H](c2ccncc2)n2nc(SCc3ccccc3)nc2N1. The first-order chi connectivity index (χ1) is 13.1. The van der Waals surface area contributed by atoms with Crippen molar-refractivity contribution in [2.75, 3.05) is 5.32 Å². The first-order valence-corrected chi connectivity index (χ1v) is 9.43. The number of pyridine rings is 1. The maximum atomic E-state index is 12.1. The zero-order valence-electron chi connectivity index (χ0n) is 14.7. The third kappa shape index (κ3) is 3.43. The Hall–Kier alpha value is -3.13. The van der Waals surface area contributed by atoms with Gasteiger partial charge in [0.1, 0.15) is 6.04 Å². The van der Waals surface area contributed by atoms with Crippen molar-refractivity contribution in [3.63, 3.8) is 0 Å². The number of anilines is 1. The van der Waals surface area contributed by atoms with E-state index in [2.05, 4.69) is 32.5 Å². The molecule has 0 saturated carbocycles. The minimum Gasteiger partial charge on any atom is -0.366 e. The second-order valence-electron chi connectivity index (χ2n) is 6.15. The molecule has 1 aromatic carbocycles. The number of amides is 1. The average molecular weight is 378 g/mol. The largest absolute Gasteiger partial charge is 0.366 e. The quantitative estimate of drug-likeness (QED) is 0.663. The van der Waals surface area contributed by atoms with Crippen LogP contribution >= 0.6 is 11.8 Å². The number of nitrogens with one attached hydrogen (secondary N) is 1. The van der Waals surface area contributed by atoms with E-state index in [1.54, 1.807) is 28.8 Å². The molecule has 0 spiro atoms. The fourth-order valence-electron chi connectivity index (χ4n) is 3.09. The van der Waals surface area contributed by atoms with Gasteiger partial charge in [-0.1, -0.05) is 42.1 Å². The Bertz CT molecular complexity index is 1000. The maximum Gasteiger partial charge on any atom is 0.248 e. The van der Waals surface area contributed by atoms with Crippen LogP contribution in [0, 0.1) is 0 Å². The van der Waals surface area contributed by atoms with Crippen molar-refractivity contribution in [2.45, 2.75) is 23.9 Å². The molecule has 2 aromatic heterocycles. The van der Waals surface area contributed by atoms with Gasteiger partial charge < -0.3 is 11.1 Å². The third-order valence-electron chi connectivity index (χ3n) is 4.33. The summed E-state index contributed by atoms with van der Waals surface area (Å²) in [4.78, 5) is 20.8. The fraction of sp³-hybridized carbons (Fsp3) is 0.158. The standard InChI is InChI=1S/C19H18N6OS/c1-12-15(17(20)26)16(14-7-9-21-10-8-14)25-18(22-12)23-19(24-25)27-11-13-5-3-2-4-6-13/h2-10,16H,11H2,1H3,(H2,20,26)(H,22,23,24)/t16-/m0/s1. The summed E-state index contributed by atoms with van der Waals surface area (Å²) in [6.07, 6.45) is 3.37. The van der Waals surface area contributed by atoms with E-state index in [1.807, 2.05) is 37.3 Å². The summed E-state index contributed by atoms with van der Waals surface area (Å²) in [7, 11) is 0. The number of thioether (sulfide) groups is 1. The van der Waals surface area contributed by atoms with Crippen LogP contribution in [0.5, 0.6) is 0 Å².